The molecule has 0 spiro atoms. The number of hydrogen-bond donors (Lipinski definition) is 0. The average Bonchev–Trinajstić information content (AvgIpc) is 3.11. The maximum atomic E-state index is 9.75. The summed E-state index contributed by atoms with van der Waals surface area (Å²) in [5.74, 6) is 1.86. The SMILES string of the molecule is F[B-](F)(F)F.c1cc(-c2cccs2)[o+]c(-c2cccs2)c1. The van der Waals surface area contributed by atoms with Gasteiger partial charge in [0.25, 0.3) is 0 Å². The van der Waals surface area contributed by atoms with Gasteiger partial charge in [0.2, 0.25) is 0 Å². The summed E-state index contributed by atoms with van der Waals surface area (Å²) in [6.45, 7) is 0. The van der Waals surface area contributed by atoms with Crippen LogP contribution in [-0.2, 0) is 0 Å². The molecule has 8 heteroatoms. The van der Waals surface area contributed by atoms with Gasteiger partial charge in [0.05, 0.1) is 0 Å². The van der Waals surface area contributed by atoms with Gasteiger partial charge in [-0.25, -0.2) is 4.42 Å². The van der Waals surface area contributed by atoms with Crippen LogP contribution in [0.1, 0.15) is 0 Å². The van der Waals surface area contributed by atoms with Gasteiger partial charge in [-0.15, -0.1) is 22.7 Å². The third kappa shape index (κ3) is 5.32. The molecular weight excluding hydrogens is 323 g/mol. The smallest absolute Gasteiger partial charge is 0.418 e. The molecule has 0 amide bonds. The quantitative estimate of drug-likeness (QED) is 0.304. The van der Waals surface area contributed by atoms with E-state index in [1.807, 2.05) is 30.3 Å². The van der Waals surface area contributed by atoms with E-state index < -0.39 is 7.25 Å². The van der Waals surface area contributed by atoms with Gasteiger partial charge >= 0.3 is 18.8 Å². The van der Waals surface area contributed by atoms with E-state index in [-0.39, 0.29) is 0 Å². The Labute approximate surface area is 126 Å². The highest BCUT2D eigenvalue weighted by molar-refractivity contribution is 7.13. The highest BCUT2D eigenvalue weighted by Gasteiger charge is 2.20. The predicted molar refractivity (Wildman–Crippen MR) is 79.9 cm³/mol. The van der Waals surface area contributed by atoms with Crippen LogP contribution in [-0.4, -0.2) is 7.25 Å². The number of halogens is 4. The molecule has 3 aromatic heterocycles. The van der Waals surface area contributed by atoms with E-state index in [9.17, 15) is 17.3 Å². The maximum absolute atomic E-state index is 9.75. The molecule has 0 bridgehead atoms. The van der Waals surface area contributed by atoms with Crippen LogP contribution in [0, 0.1) is 0 Å². The molecule has 3 aromatic rings. The first-order valence-corrected chi connectivity index (χ1v) is 7.57. The minimum atomic E-state index is -6.00. The van der Waals surface area contributed by atoms with Crippen LogP contribution in [0.2, 0.25) is 0 Å². The van der Waals surface area contributed by atoms with Gasteiger partial charge in [-0.3, -0.25) is 0 Å². The van der Waals surface area contributed by atoms with Gasteiger partial charge in [-0.05, 0) is 29.0 Å². The summed E-state index contributed by atoms with van der Waals surface area (Å²) < 4.78 is 44.9. The summed E-state index contributed by atoms with van der Waals surface area (Å²) in [5.41, 5.74) is 0. The summed E-state index contributed by atoms with van der Waals surface area (Å²) in [5, 5.41) is 4.12. The lowest BCUT2D eigenvalue weighted by molar-refractivity contribution is 0.368. The van der Waals surface area contributed by atoms with Gasteiger partial charge in [0.1, 0.15) is 9.75 Å². The summed E-state index contributed by atoms with van der Waals surface area (Å²) in [6, 6.07) is 14.3. The molecule has 3 heterocycles. The molecule has 0 aliphatic rings. The summed E-state index contributed by atoms with van der Waals surface area (Å²) >= 11 is 3.38. The number of rotatable bonds is 2. The number of hydrogen-bond acceptors (Lipinski definition) is 2. The van der Waals surface area contributed by atoms with Crippen molar-refractivity contribution in [3.63, 3.8) is 0 Å². The summed E-state index contributed by atoms with van der Waals surface area (Å²) in [4.78, 5) is 2.33. The largest absolute Gasteiger partial charge is 0.673 e. The average molecular weight is 332 g/mol. The van der Waals surface area contributed by atoms with Crippen molar-refractivity contribution in [2.24, 2.45) is 0 Å². The van der Waals surface area contributed by atoms with E-state index in [1.54, 1.807) is 22.7 Å². The molecular formula is C13H9BF4OS2. The normalized spacial score (nSPS) is 10.9. The van der Waals surface area contributed by atoms with Crippen molar-refractivity contribution < 1.29 is 21.7 Å². The van der Waals surface area contributed by atoms with Crippen LogP contribution in [0.5, 0.6) is 0 Å². The Morgan fingerprint density at radius 3 is 1.48 bits per heavy atom. The van der Waals surface area contributed by atoms with Crippen LogP contribution in [0.15, 0.2) is 57.6 Å². The van der Waals surface area contributed by atoms with Crippen molar-refractivity contribution in [2.75, 3.05) is 0 Å². The first-order chi connectivity index (χ1) is 9.93. The van der Waals surface area contributed by atoms with Crippen molar-refractivity contribution >= 4 is 29.9 Å². The molecule has 110 valence electrons. The molecule has 0 atom stereocenters. The molecule has 21 heavy (non-hydrogen) atoms. The number of thiophene rings is 2. The molecule has 0 saturated carbocycles. The standard InChI is InChI=1S/C13H9OS2.BF4/c1-4-10(12-6-2-8-15-12)14-11(5-1)13-7-3-9-16-13;2-1(3,4)5/h1-9H;/q+1;-1. The minimum Gasteiger partial charge on any atom is -0.418 e. The van der Waals surface area contributed by atoms with Gasteiger partial charge < -0.3 is 17.3 Å². The topological polar surface area (TPSA) is 11.3 Å². The Bertz CT molecular complexity index is 610. The fourth-order valence-corrected chi connectivity index (χ4v) is 2.89. The molecule has 0 aromatic carbocycles. The molecule has 1 nitrogen and oxygen atoms in total. The van der Waals surface area contributed by atoms with Crippen LogP contribution in [0.25, 0.3) is 21.3 Å². The third-order valence-electron chi connectivity index (χ3n) is 2.24. The van der Waals surface area contributed by atoms with E-state index in [0.717, 1.165) is 11.5 Å². The Balaban J connectivity index is 0.000000282. The lowest BCUT2D eigenvalue weighted by atomic mass is 10.3. The molecule has 0 unspecified atom stereocenters. The fourth-order valence-electron chi connectivity index (χ4n) is 1.51. The van der Waals surface area contributed by atoms with E-state index in [2.05, 4.69) is 22.9 Å². The second-order valence-corrected chi connectivity index (χ2v) is 5.70. The highest BCUT2D eigenvalue weighted by atomic mass is 32.1. The molecule has 0 aliphatic heterocycles. The van der Waals surface area contributed by atoms with E-state index >= 15 is 0 Å². The van der Waals surface area contributed by atoms with Crippen LogP contribution in [0.3, 0.4) is 0 Å². The predicted octanol–water partition coefficient (Wildman–Crippen LogP) is 6.32. The van der Waals surface area contributed by atoms with Crippen molar-refractivity contribution in [1.82, 2.24) is 0 Å². The van der Waals surface area contributed by atoms with Gasteiger partial charge in [-0.1, -0.05) is 12.1 Å². The molecule has 3 rings (SSSR count). The van der Waals surface area contributed by atoms with Crippen molar-refractivity contribution in [3.8, 4) is 21.3 Å². The minimum absolute atomic E-state index is 0.931. The third-order valence-corrected chi connectivity index (χ3v) is 4.01. The molecule has 0 radical (unpaired) electrons. The van der Waals surface area contributed by atoms with E-state index in [0.29, 0.717) is 0 Å². The van der Waals surface area contributed by atoms with Crippen molar-refractivity contribution in [1.29, 1.82) is 0 Å². The van der Waals surface area contributed by atoms with Gasteiger partial charge in [0, 0.05) is 12.1 Å². The molecule has 0 N–H and O–H groups in total. The van der Waals surface area contributed by atoms with Crippen molar-refractivity contribution in [3.05, 3.63) is 53.2 Å². The highest BCUT2D eigenvalue weighted by Crippen LogP contribution is 2.30. The second kappa shape index (κ2) is 6.86. The van der Waals surface area contributed by atoms with Crippen molar-refractivity contribution in [2.45, 2.75) is 0 Å². The van der Waals surface area contributed by atoms with Crippen LogP contribution < -0.4 is 0 Å². The monoisotopic (exact) mass is 332 g/mol. The Morgan fingerprint density at radius 2 is 1.14 bits per heavy atom. The van der Waals surface area contributed by atoms with Crippen LogP contribution in [0.4, 0.5) is 17.3 Å². The van der Waals surface area contributed by atoms with E-state index in [4.69, 9.17) is 4.42 Å². The Hall–Kier alpha value is -1.67. The lowest BCUT2D eigenvalue weighted by Crippen LogP contribution is -2.02. The summed E-state index contributed by atoms with van der Waals surface area (Å²) in [6.07, 6.45) is 0. The van der Waals surface area contributed by atoms with Gasteiger partial charge in [0.15, 0.2) is 0 Å². The zero-order valence-electron chi connectivity index (χ0n) is 10.5. The van der Waals surface area contributed by atoms with Crippen LogP contribution >= 0.6 is 22.7 Å². The Kier molecular flexibility index (Phi) is 5.14. The molecule has 0 fully saturated rings. The maximum Gasteiger partial charge on any atom is 0.673 e. The zero-order valence-corrected chi connectivity index (χ0v) is 12.1. The fraction of sp³-hybridized carbons (Fsp3) is 0. The summed E-state index contributed by atoms with van der Waals surface area (Å²) in [7, 11) is -6.00. The first-order valence-electron chi connectivity index (χ1n) is 5.82. The second-order valence-electron chi connectivity index (χ2n) is 3.81. The first kappa shape index (κ1) is 15.7. The lowest BCUT2D eigenvalue weighted by Gasteiger charge is -1.94. The van der Waals surface area contributed by atoms with Gasteiger partial charge in [-0.2, -0.15) is 0 Å². The zero-order chi connectivity index (χ0) is 15.3. The molecule has 0 aliphatic carbocycles. The van der Waals surface area contributed by atoms with E-state index in [1.165, 1.54) is 9.75 Å². The molecule has 0 saturated heterocycles. The Morgan fingerprint density at radius 1 is 0.714 bits per heavy atom.